The number of hydrogen-bond acceptors (Lipinski definition) is 5. The Labute approximate surface area is 174 Å². The fourth-order valence-corrected chi connectivity index (χ4v) is 3.62. The number of amides is 2. The molecule has 1 aromatic rings. The highest BCUT2D eigenvalue weighted by Crippen LogP contribution is 2.22. The number of piperidine rings is 1. The van der Waals surface area contributed by atoms with Crippen molar-refractivity contribution >= 4 is 11.8 Å². The smallest absolute Gasteiger partial charge is 0.252 e. The molecule has 0 aromatic heterocycles. The Morgan fingerprint density at radius 2 is 1.79 bits per heavy atom. The molecule has 2 N–H and O–H groups in total. The van der Waals surface area contributed by atoms with E-state index in [1.54, 1.807) is 18.2 Å². The molecular weight excluding hydrogens is 370 g/mol. The Hall–Kier alpha value is -2.28. The predicted octanol–water partition coefficient (Wildman–Crippen LogP) is 2.45. The van der Waals surface area contributed by atoms with E-state index in [-0.39, 0.29) is 17.7 Å². The van der Waals surface area contributed by atoms with Crippen LogP contribution in [0.4, 0.5) is 0 Å². The Morgan fingerprint density at radius 3 is 2.34 bits per heavy atom. The summed E-state index contributed by atoms with van der Waals surface area (Å²) in [5, 5.41) is 5.85. The zero-order valence-electron chi connectivity index (χ0n) is 18.3. The van der Waals surface area contributed by atoms with Crippen molar-refractivity contribution in [3.8, 4) is 11.5 Å². The minimum Gasteiger partial charge on any atom is -0.497 e. The van der Waals surface area contributed by atoms with Crippen molar-refractivity contribution in [2.24, 2.45) is 5.92 Å². The maximum atomic E-state index is 12.8. The van der Waals surface area contributed by atoms with Crippen molar-refractivity contribution in [1.29, 1.82) is 0 Å². The molecule has 0 radical (unpaired) electrons. The van der Waals surface area contributed by atoms with E-state index in [1.807, 2.05) is 13.8 Å². The summed E-state index contributed by atoms with van der Waals surface area (Å²) in [6.07, 6.45) is 3.70. The predicted molar refractivity (Wildman–Crippen MR) is 114 cm³/mol. The quantitative estimate of drug-likeness (QED) is 0.660. The molecule has 0 bridgehead atoms. The fraction of sp³-hybridized carbons (Fsp3) is 0.636. The summed E-state index contributed by atoms with van der Waals surface area (Å²) >= 11 is 0. The number of methoxy groups -OCH3 is 2. The van der Waals surface area contributed by atoms with Crippen LogP contribution in [0.15, 0.2) is 18.2 Å². The molecule has 0 spiro atoms. The third-order valence-electron chi connectivity index (χ3n) is 5.49. The van der Waals surface area contributed by atoms with Gasteiger partial charge in [0.15, 0.2) is 0 Å². The number of hydrogen-bond donors (Lipinski definition) is 2. The van der Waals surface area contributed by atoms with E-state index in [4.69, 9.17) is 9.47 Å². The maximum Gasteiger partial charge on any atom is 0.252 e. The summed E-state index contributed by atoms with van der Waals surface area (Å²) in [5.41, 5.74) is 0.391. The Kier molecular flexibility index (Phi) is 8.76. The summed E-state index contributed by atoms with van der Waals surface area (Å²) in [6.45, 7) is 8.57. The van der Waals surface area contributed by atoms with Gasteiger partial charge in [-0.15, -0.1) is 0 Å². The van der Waals surface area contributed by atoms with Crippen LogP contribution < -0.4 is 20.1 Å². The number of carbonyl (C=O) groups excluding carboxylic acids is 2. The minimum absolute atomic E-state index is 0.0413. The van der Waals surface area contributed by atoms with Gasteiger partial charge < -0.3 is 20.1 Å². The molecule has 0 saturated carbocycles. The zero-order chi connectivity index (χ0) is 21.4. The lowest BCUT2D eigenvalue weighted by Gasteiger charge is -2.33. The Bertz CT molecular complexity index is 670. The lowest BCUT2D eigenvalue weighted by Crippen LogP contribution is -2.51. The number of rotatable bonds is 9. The van der Waals surface area contributed by atoms with Gasteiger partial charge in [-0.05, 0) is 44.4 Å². The van der Waals surface area contributed by atoms with Gasteiger partial charge in [-0.25, -0.2) is 0 Å². The first-order valence-electron chi connectivity index (χ1n) is 10.4. The molecule has 2 atom stereocenters. The van der Waals surface area contributed by atoms with Gasteiger partial charge in [-0.3, -0.25) is 14.5 Å². The van der Waals surface area contributed by atoms with Crippen LogP contribution in [-0.4, -0.2) is 62.7 Å². The zero-order valence-corrected chi connectivity index (χ0v) is 18.3. The minimum atomic E-state index is -0.613. The molecule has 2 rings (SSSR count). The number of carbonyl (C=O) groups is 2. The van der Waals surface area contributed by atoms with Crippen LogP contribution in [0, 0.1) is 5.92 Å². The summed E-state index contributed by atoms with van der Waals surface area (Å²) in [6, 6.07) is 4.91. The number of benzene rings is 1. The summed E-state index contributed by atoms with van der Waals surface area (Å²) in [7, 11) is 3.06. The van der Waals surface area contributed by atoms with Crippen molar-refractivity contribution in [2.75, 3.05) is 33.9 Å². The SMILES string of the molecule is COc1cc(OC)cc(C(=O)NC(C(=O)NCCN2CCCCC2C)C(C)C)c1. The van der Waals surface area contributed by atoms with E-state index >= 15 is 0 Å². The van der Waals surface area contributed by atoms with Crippen LogP contribution in [0.5, 0.6) is 11.5 Å². The second kappa shape index (κ2) is 11.0. The lowest BCUT2D eigenvalue weighted by atomic mass is 10.0. The Morgan fingerprint density at radius 1 is 1.14 bits per heavy atom. The van der Waals surface area contributed by atoms with Crippen LogP contribution in [-0.2, 0) is 4.79 Å². The molecule has 7 nitrogen and oxygen atoms in total. The van der Waals surface area contributed by atoms with Crippen LogP contribution in [0.1, 0.15) is 50.4 Å². The maximum absolute atomic E-state index is 12.8. The summed E-state index contributed by atoms with van der Waals surface area (Å²) < 4.78 is 10.4. The molecule has 1 saturated heterocycles. The lowest BCUT2D eigenvalue weighted by molar-refractivity contribution is -0.124. The molecular formula is C22H35N3O4. The fourth-order valence-electron chi connectivity index (χ4n) is 3.62. The molecule has 29 heavy (non-hydrogen) atoms. The highest BCUT2D eigenvalue weighted by molar-refractivity contribution is 5.98. The van der Waals surface area contributed by atoms with Gasteiger partial charge in [0.05, 0.1) is 14.2 Å². The molecule has 2 unspecified atom stereocenters. The van der Waals surface area contributed by atoms with Crippen molar-refractivity contribution in [3.05, 3.63) is 23.8 Å². The highest BCUT2D eigenvalue weighted by atomic mass is 16.5. The molecule has 1 aliphatic heterocycles. The van der Waals surface area contributed by atoms with Gasteiger partial charge in [0.1, 0.15) is 17.5 Å². The average molecular weight is 406 g/mol. The first-order chi connectivity index (χ1) is 13.8. The van der Waals surface area contributed by atoms with E-state index < -0.39 is 6.04 Å². The second-order valence-electron chi connectivity index (χ2n) is 7.97. The van der Waals surface area contributed by atoms with Gasteiger partial charge in [0.25, 0.3) is 5.91 Å². The van der Waals surface area contributed by atoms with Crippen LogP contribution in [0.3, 0.4) is 0 Å². The molecule has 2 amide bonds. The van der Waals surface area contributed by atoms with Crippen LogP contribution >= 0.6 is 0 Å². The van der Waals surface area contributed by atoms with Crippen molar-refractivity contribution < 1.29 is 19.1 Å². The normalized spacial score (nSPS) is 18.2. The first-order valence-corrected chi connectivity index (χ1v) is 10.4. The van der Waals surface area contributed by atoms with E-state index in [2.05, 4.69) is 22.5 Å². The molecule has 0 aliphatic carbocycles. The Balaban J connectivity index is 1.96. The largest absolute Gasteiger partial charge is 0.497 e. The van der Waals surface area contributed by atoms with Crippen LogP contribution in [0.25, 0.3) is 0 Å². The summed E-state index contributed by atoms with van der Waals surface area (Å²) in [5.74, 6) is 0.514. The van der Waals surface area contributed by atoms with Gasteiger partial charge in [-0.2, -0.15) is 0 Å². The first kappa shape index (κ1) is 23.0. The van der Waals surface area contributed by atoms with Gasteiger partial charge >= 0.3 is 0 Å². The van der Waals surface area contributed by atoms with E-state index in [1.165, 1.54) is 33.5 Å². The molecule has 162 valence electrons. The second-order valence-corrected chi connectivity index (χ2v) is 7.97. The highest BCUT2D eigenvalue weighted by Gasteiger charge is 2.25. The number of nitrogens with zero attached hydrogens (tertiary/aromatic N) is 1. The molecule has 1 heterocycles. The average Bonchev–Trinajstić information content (AvgIpc) is 2.72. The van der Waals surface area contributed by atoms with Crippen molar-refractivity contribution in [1.82, 2.24) is 15.5 Å². The van der Waals surface area contributed by atoms with E-state index in [0.29, 0.717) is 29.6 Å². The molecule has 1 fully saturated rings. The molecule has 1 aromatic carbocycles. The number of likely N-dealkylation sites (tertiary alicyclic amines) is 1. The van der Waals surface area contributed by atoms with E-state index in [9.17, 15) is 9.59 Å². The van der Waals surface area contributed by atoms with Crippen LogP contribution in [0.2, 0.25) is 0 Å². The van der Waals surface area contributed by atoms with Gasteiger partial charge in [0, 0.05) is 30.8 Å². The summed E-state index contributed by atoms with van der Waals surface area (Å²) in [4.78, 5) is 27.9. The van der Waals surface area contributed by atoms with Gasteiger partial charge in [0.2, 0.25) is 5.91 Å². The third kappa shape index (κ3) is 6.63. The number of ether oxygens (including phenoxy) is 2. The van der Waals surface area contributed by atoms with Gasteiger partial charge in [-0.1, -0.05) is 20.3 Å². The third-order valence-corrected chi connectivity index (χ3v) is 5.49. The van der Waals surface area contributed by atoms with E-state index in [0.717, 1.165) is 13.1 Å². The topological polar surface area (TPSA) is 79.9 Å². The van der Waals surface area contributed by atoms with Crippen molar-refractivity contribution in [3.63, 3.8) is 0 Å². The monoisotopic (exact) mass is 405 g/mol. The van der Waals surface area contributed by atoms with Crippen molar-refractivity contribution in [2.45, 2.75) is 52.1 Å². The molecule has 1 aliphatic rings. The standard InChI is InChI=1S/C22H35N3O4/c1-15(2)20(22(27)23-9-11-25-10-7-6-8-16(25)3)24-21(26)17-12-18(28-4)14-19(13-17)29-5/h12-16,20H,6-11H2,1-5H3,(H,23,27)(H,24,26). The number of nitrogens with one attached hydrogen (secondary N) is 2. The molecule has 7 heteroatoms.